The molecule has 8 heteroatoms. The van der Waals surface area contributed by atoms with Gasteiger partial charge in [0.2, 0.25) is 0 Å². The minimum Gasteiger partial charge on any atom is -0.303 e. The lowest BCUT2D eigenvalue weighted by atomic mass is 10.2. The fourth-order valence-electron chi connectivity index (χ4n) is 2.25. The second-order valence-electron chi connectivity index (χ2n) is 4.74. The monoisotopic (exact) mass is 286 g/mol. The van der Waals surface area contributed by atoms with Crippen LogP contribution < -0.4 is 11.1 Å². The third-order valence-electron chi connectivity index (χ3n) is 3.17. The van der Waals surface area contributed by atoms with Gasteiger partial charge in [-0.2, -0.15) is 10.2 Å². The summed E-state index contributed by atoms with van der Waals surface area (Å²) in [4.78, 5) is 30.4. The topological polar surface area (TPSA) is 109 Å². The molecule has 0 spiro atoms. The molecule has 3 aromatic rings. The van der Waals surface area contributed by atoms with E-state index in [1.165, 1.54) is 16.8 Å². The third-order valence-corrected chi connectivity index (χ3v) is 3.17. The molecule has 8 nitrogen and oxygen atoms in total. The lowest BCUT2D eigenvalue weighted by Crippen LogP contribution is -2.14. The van der Waals surface area contributed by atoms with Crippen LogP contribution in [0.4, 0.5) is 0 Å². The van der Waals surface area contributed by atoms with Crippen molar-refractivity contribution in [3.05, 3.63) is 38.5 Å². The predicted molar refractivity (Wildman–Crippen MR) is 77.0 cm³/mol. The highest BCUT2D eigenvalue weighted by Gasteiger charge is 2.15. The summed E-state index contributed by atoms with van der Waals surface area (Å²) < 4.78 is 1.54. The van der Waals surface area contributed by atoms with Crippen molar-refractivity contribution in [3.63, 3.8) is 0 Å². The standard InChI is InChI=1S/C13H14N6O2/c1-3-4-7-10-11(19(2)18-7)13(21)15-12(14-10)8-5-6-9(20)17-16-8/h5-6H,3-4H2,1-2H3,(H,17,20)(H,14,15,21). The molecule has 3 rings (SSSR count). The van der Waals surface area contributed by atoms with Crippen LogP contribution in [0, 0.1) is 0 Å². The van der Waals surface area contributed by atoms with E-state index in [4.69, 9.17) is 0 Å². The second kappa shape index (κ2) is 4.97. The van der Waals surface area contributed by atoms with Gasteiger partial charge in [0.1, 0.15) is 11.2 Å². The SMILES string of the molecule is CCCc1nn(C)c2c(=O)[nH]c(-c3ccc(=O)[nH]n3)nc12. The fraction of sp³-hybridized carbons (Fsp3) is 0.308. The van der Waals surface area contributed by atoms with Crippen LogP contribution in [0.1, 0.15) is 19.0 Å². The molecule has 0 aliphatic rings. The molecule has 0 radical (unpaired) electrons. The summed E-state index contributed by atoms with van der Waals surface area (Å²) in [7, 11) is 1.72. The molecule has 3 aromatic heterocycles. The zero-order valence-corrected chi connectivity index (χ0v) is 11.7. The molecule has 0 bridgehead atoms. The minimum absolute atomic E-state index is 0.277. The number of aryl methyl sites for hydroxylation is 2. The Hall–Kier alpha value is -2.77. The Morgan fingerprint density at radius 3 is 2.76 bits per heavy atom. The Morgan fingerprint density at radius 1 is 1.29 bits per heavy atom. The normalized spacial score (nSPS) is 11.1. The largest absolute Gasteiger partial charge is 0.303 e. The zero-order valence-electron chi connectivity index (χ0n) is 11.7. The van der Waals surface area contributed by atoms with Crippen LogP contribution in [0.25, 0.3) is 22.6 Å². The van der Waals surface area contributed by atoms with Crippen LogP contribution in [0.2, 0.25) is 0 Å². The molecule has 21 heavy (non-hydrogen) atoms. The van der Waals surface area contributed by atoms with E-state index in [0.29, 0.717) is 22.6 Å². The summed E-state index contributed by atoms with van der Waals surface area (Å²) in [5.41, 5.74) is 1.61. The third kappa shape index (κ3) is 2.24. The number of nitrogens with one attached hydrogen (secondary N) is 2. The van der Waals surface area contributed by atoms with E-state index >= 15 is 0 Å². The summed E-state index contributed by atoms with van der Waals surface area (Å²) in [6.07, 6.45) is 1.65. The van der Waals surface area contributed by atoms with Gasteiger partial charge >= 0.3 is 0 Å². The van der Waals surface area contributed by atoms with Gasteiger partial charge in [0, 0.05) is 13.1 Å². The van der Waals surface area contributed by atoms with Crippen molar-refractivity contribution < 1.29 is 0 Å². The van der Waals surface area contributed by atoms with Gasteiger partial charge in [0.25, 0.3) is 11.1 Å². The van der Waals surface area contributed by atoms with Crippen molar-refractivity contribution >= 4 is 11.0 Å². The molecule has 0 atom stereocenters. The maximum atomic E-state index is 12.2. The molecular weight excluding hydrogens is 272 g/mol. The number of aromatic amines is 2. The molecule has 0 saturated heterocycles. The number of hydrogen-bond donors (Lipinski definition) is 2. The van der Waals surface area contributed by atoms with Gasteiger partial charge in [-0.25, -0.2) is 10.1 Å². The fourth-order valence-corrected chi connectivity index (χ4v) is 2.25. The Bertz CT molecular complexity index is 900. The Balaban J connectivity index is 2.26. The first-order valence-electron chi connectivity index (χ1n) is 6.62. The van der Waals surface area contributed by atoms with Crippen molar-refractivity contribution in [3.8, 4) is 11.5 Å². The van der Waals surface area contributed by atoms with Gasteiger partial charge in [-0.05, 0) is 12.5 Å². The highest BCUT2D eigenvalue weighted by atomic mass is 16.1. The van der Waals surface area contributed by atoms with Gasteiger partial charge < -0.3 is 4.98 Å². The van der Waals surface area contributed by atoms with Gasteiger partial charge in [-0.15, -0.1) is 0 Å². The van der Waals surface area contributed by atoms with Crippen LogP contribution in [-0.2, 0) is 13.5 Å². The zero-order chi connectivity index (χ0) is 15.0. The quantitative estimate of drug-likeness (QED) is 0.722. The molecular formula is C13H14N6O2. The van der Waals surface area contributed by atoms with Crippen LogP contribution in [0.5, 0.6) is 0 Å². The van der Waals surface area contributed by atoms with Gasteiger partial charge in [0.15, 0.2) is 11.3 Å². The Morgan fingerprint density at radius 2 is 2.10 bits per heavy atom. The molecule has 0 saturated carbocycles. The molecule has 0 aliphatic carbocycles. The van der Waals surface area contributed by atoms with E-state index in [0.717, 1.165) is 18.5 Å². The second-order valence-corrected chi connectivity index (χ2v) is 4.74. The van der Waals surface area contributed by atoms with Gasteiger partial charge in [0.05, 0.1) is 5.69 Å². The van der Waals surface area contributed by atoms with Crippen LogP contribution >= 0.6 is 0 Å². The lowest BCUT2D eigenvalue weighted by Gasteiger charge is -2.00. The first kappa shape index (κ1) is 13.2. The number of nitrogens with zero attached hydrogens (tertiary/aromatic N) is 4. The molecule has 0 aliphatic heterocycles. The van der Waals surface area contributed by atoms with Crippen molar-refractivity contribution in [1.82, 2.24) is 29.9 Å². The molecule has 0 fully saturated rings. The molecule has 0 aromatic carbocycles. The first-order chi connectivity index (χ1) is 10.1. The molecule has 108 valence electrons. The van der Waals surface area contributed by atoms with E-state index in [-0.39, 0.29) is 11.1 Å². The number of hydrogen-bond acceptors (Lipinski definition) is 5. The summed E-state index contributed by atoms with van der Waals surface area (Å²) in [6, 6.07) is 2.85. The van der Waals surface area contributed by atoms with E-state index in [1.807, 2.05) is 6.92 Å². The molecule has 0 amide bonds. The van der Waals surface area contributed by atoms with Crippen LogP contribution in [0.3, 0.4) is 0 Å². The van der Waals surface area contributed by atoms with Crippen LogP contribution in [0.15, 0.2) is 21.7 Å². The average Bonchev–Trinajstić information content (AvgIpc) is 2.77. The number of aromatic nitrogens is 6. The van der Waals surface area contributed by atoms with E-state index < -0.39 is 0 Å². The number of rotatable bonds is 3. The van der Waals surface area contributed by atoms with E-state index in [1.54, 1.807) is 7.05 Å². The average molecular weight is 286 g/mol. The number of fused-ring (bicyclic) bond motifs is 1. The first-order valence-corrected chi connectivity index (χ1v) is 6.62. The summed E-state index contributed by atoms with van der Waals surface area (Å²) in [5, 5.41) is 10.5. The van der Waals surface area contributed by atoms with Gasteiger partial charge in [-0.1, -0.05) is 13.3 Å². The summed E-state index contributed by atoms with van der Waals surface area (Å²) in [6.45, 7) is 2.04. The molecule has 0 unspecified atom stereocenters. The maximum Gasteiger partial charge on any atom is 0.277 e. The maximum absolute atomic E-state index is 12.2. The Kier molecular flexibility index (Phi) is 3.13. The summed E-state index contributed by atoms with van der Waals surface area (Å²) >= 11 is 0. The molecule has 2 N–H and O–H groups in total. The number of H-pyrrole nitrogens is 2. The molecule has 3 heterocycles. The van der Waals surface area contributed by atoms with Crippen molar-refractivity contribution in [2.45, 2.75) is 19.8 Å². The van der Waals surface area contributed by atoms with Crippen LogP contribution in [-0.4, -0.2) is 29.9 Å². The predicted octanol–water partition coefficient (Wildman–Crippen LogP) is 0.359. The van der Waals surface area contributed by atoms with E-state index in [2.05, 4.69) is 25.3 Å². The highest BCUT2D eigenvalue weighted by Crippen LogP contribution is 2.16. The minimum atomic E-state index is -0.310. The van der Waals surface area contributed by atoms with Crippen molar-refractivity contribution in [2.24, 2.45) is 7.05 Å². The Labute approximate surface area is 118 Å². The summed E-state index contributed by atoms with van der Waals surface area (Å²) in [5.74, 6) is 0.314. The van der Waals surface area contributed by atoms with E-state index in [9.17, 15) is 9.59 Å². The van der Waals surface area contributed by atoms with Gasteiger partial charge in [-0.3, -0.25) is 14.3 Å². The smallest absolute Gasteiger partial charge is 0.277 e. The highest BCUT2D eigenvalue weighted by molar-refractivity contribution is 5.78. The van der Waals surface area contributed by atoms with Crippen molar-refractivity contribution in [2.75, 3.05) is 0 Å². The lowest BCUT2D eigenvalue weighted by molar-refractivity contribution is 0.751. The van der Waals surface area contributed by atoms with Crippen molar-refractivity contribution in [1.29, 1.82) is 0 Å².